The van der Waals surface area contributed by atoms with Gasteiger partial charge in [0.25, 0.3) is 5.19 Å². The Kier molecular flexibility index (Phi) is 4.90. The number of hydrogen-bond acceptors (Lipinski definition) is 5. The van der Waals surface area contributed by atoms with Crippen LogP contribution in [0.2, 0.25) is 0 Å². The van der Waals surface area contributed by atoms with E-state index in [9.17, 15) is 4.39 Å². The van der Waals surface area contributed by atoms with Crippen molar-refractivity contribution in [3.05, 3.63) is 48.2 Å². The molecular formula is C19H20FN3OS. The molecule has 0 atom stereocenters. The van der Waals surface area contributed by atoms with Crippen molar-refractivity contribution in [1.29, 1.82) is 0 Å². The largest absolute Gasteiger partial charge is 0.431 e. The summed E-state index contributed by atoms with van der Waals surface area (Å²) in [4.78, 5) is 10.9. The summed E-state index contributed by atoms with van der Waals surface area (Å²) in [6, 6.07) is 12.0. The second-order valence-electron chi connectivity index (χ2n) is 6.32. The Morgan fingerprint density at radius 1 is 1.16 bits per heavy atom. The van der Waals surface area contributed by atoms with Crippen molar-refractivity contribution in [2.75, 3.05) is 19.6 Å². The molecule has 1 aliphatic rings. The van der Waals surface area contributed by atoms with Gasteiger partial charge in [0.05, 0.1) is 4.70 Å². The highest BCUT2D eigenvalue weighted by Crippen LogP contribution is 2.30. The number of ether oxygens (including phenoxy) is 1. The standard InChI is InChI=1S/C19H20FN3OS/c20-15-8-12-23(13-9-15)11-7-14-3-5-16(6-4-14)24-19-22-18-17(25-19)2-1-10-21-18/h1-6,10,15H,7-9,11-13H2. The van der Waals surface area contributed by atoms with Crippen LogP contribution >= 0.6 is 11.3 Å². The molecule has 1 aromatic carbocycles. The third-order valence-electron chi connectivity index (χ3n) is 4.51. The molecule has 1 aliphatic heterocycles. The average molecular weight is 357 g/mol. The van der Waals surface area contributed by atoms with Crippen LogP contribution in [-0.4, -0.2) is 40.7 Å². The van der Waals surface area contributed by atoms with Crippen LogP contribution in [0, 0.1) is 0 Å². The smallest absolute Gasteiger partial charge is 0.281 e. The molecule has 0 bridgehead atoms. The zero-order valence-corrected chi connectivity index (χ0v) is 14.7. The summed E-state index contributed by atoms with van der Waals surface area (Å²) in [6.07, 6.45) is 3.44. The van der Waals surface area contributed by atoms with Crippen molar-refractivity contribution in [1.82, 2.24) is 14.9 Å². The molecule has 0 spiro atoms. The number of aromatic nitrogens is 2. The van der Waals surface area contributed by atoms with E-state index in [1.54, 1.807) is 6.20 Å². The van der Waals surface area contributed by atoms with Gasteiger partial charge < -0.3 is 9.64 Å². The van der Waals surface area contributed by atoms with Gasteiger partial charge in [-0.25, -0.2) is 9.37 Å². The van der Waals surface area contributed by atoms with Crippen LogP contribution in [-0.2, 0) is 6.42 Å². The topological polar surface area (TPSA) is 38.2 Å². The van der Waals surface area contributed by atoms with Gasteiger partial charge in [-0.15, -0.1) is 0 Å². The third kappa shape index (κ3) is 4.14. The number of halogens is 1. The Balaban J connectivity index is 1.33. The second kappa shape index (κ2) is 7.45. The first-order chi connectivity index (χ1) is 12.3. The van der Waals surface area contributed by atoms with E-state index in [2.05, 4.69) is 27.0 Å². The summed E-state index contributed by atoms with van der Waals surface area (Å²) in [6.45, 7) is 2.72. The molecule has 0 unspecified atom stereocenters. The van der Waals surface area contributed by atoms with Crippen molar-refractivity contribution in [2.45, 2.75) is 25.4 Å². The molecule has 6 heteroatoms. The minimum atomic E-state index is -0.606. The number of thiazole rings is 1. The molecule has 4 nitrogen and oxygen atoms in total. The number of benzene rings is 1. The number of piperidine rings is 1. The number of hydrogen-bond donors (Lipinski definition) is 0. The summed E-state index contributed by atoms with van der Waals surface area (Å²) in [5.74, 6) is 0.779. The van der Waals surface area contributed by atoms with E-state index >= 15 is 0 Å². The molecule has 0 amide bonds. The monoisotopic (exact) mass is 357 g/mol. The first-order valence-corrected chi connectivity index (χ1v) is 9.43. The minimum Gasteiger partial charge on any atom is -0.431 e. The van der Waals surface area contributed by atoms with Crippen molar-refractivity contribution >= 4 is 21.7 Å². The van der Waals surface area contributed by atoms with Crippen LogP contribution in [0.3, 0.4) is 0 Å². The van der Waals surface area contributed by atoms with E-state index in [-0.39, 0.29) is 0 Å². The van der Waals surface area contributed by atoms with Gasteiger partial charge in [0.15, 0.2) is 5.65 Å². The van der Waals surface area contributed by atoms with Gasteiger partial charge in [-0.2, -0.15) is 4.98 Å². The van der Waals surface area contributed by atoms with Crippen LogP contribution in [0.1, 0.15) is 18.4 Å². The zero-order valence-electron chi connectivity index (χ0n) is 13.9. The van der Waals surface area contributed by atoms with Crippen molar-refractivity contribution in [3.63, 3.8) is 0 Å². The second-order valence-corrected chi connectivity index (χ2v) is 7.31. The van der Waals surface area contributed by atoms with Gasteiger partial charge >= 0.3 is 0 Å². The van der Waals surface area contributed by atoms with E-state index < -0.39 is 6.17 Å². The van der Waals surface area contributed by atoms with Gasteiger partial charge in [-0.3, -0.25) is 0 Å². The first-order valence-electron chi connectivity index (χ1n) is 8.61. The zero-order chi connectivity index (χ0) is 17.1. The summed E-state index contributed by atoms with van der Waals surface area (Å²) >= 11 is 1.49. The van der Waals surface area contributed by atoms with Crippen LogP contribution in [0.4, 0.5) is 4.39 Å². The average Bonchev–Trinajstić information content (AvgIpc) is 3.05. The highest BCUT2D eigenvalue weighted by atomic mass is 32.1. The lowest BCUT2D eigenvalue weighted by Gasteiger charge is -2.28. The summed E-state index contributed by atoms with van der Waals surface area (Å²) < 4.78 is 20.0. The Labute approximate surface area is 150 Å². The van der Waals surface area contributed by atoms with Crippen molar-refractivity contribution in [2.24, 2.45) is 0 Å². The molecule has 0 aliphatic carbocycles. The molecule has 130 valence electrons. The summed E-state index contributed by atoms with van der Waals surface area (Å²) in [5, 5.41) is 0.607. The van der Waals surface area contributed by atoms with Crippen molar-refractivity contribution < 1.29 is 9.13 Å². The number of nitrogens with zero attached hydrogens (tertiary/aromatic N) is 3. The van der Waals surface area contributed by atoms with E-state index in [0.29, 0.717) is 18.0 Å². The Bertz CT molecular complexity index is 795. The molecule has 3 heterocycles. The predicted octanol–water partition coefficient (Wildman–Crippen LogP) is 4.46. The van der Waals surface area contributed by atoms with Gasteiger partial charge in [0.1, 0.15) is 11.9 Å². The van der Waals surface area contributed by atoms with Gasteiger partial charge in [0.2, 0.25) is 0 Å². The lowest BCUT2D eigenvalue weighted by atomic mass is 10.1. The maximum Gasteiger partial charge on any atom is 0.281 e. The number of alkyl halides is 1. The minimum absolute atomic E-state index is 0.606. The Morgan fingerprint density at radius 3 is 2.72 bits per heavy atom. The van der Waals surface area contributed by atoms with Crippen LogP contribution in [0.25, 0.3) is 10.3 Å². The lowest BCUT2D eigenvalue weighted by Crippen LogP contribution is -2.35. The van der Waals surface area contributed by atoms with Crippen LogP contribution < -0.4 is 4.74 Å². The van der Waals surface area contributed by atoms with Gasteiger partial charge in [0, 0.05) is 25.8 Å². The maximum atomic E-state index is 13.2. The maximum absolute atomic E-state index is 13.2. The quantitative estimate of drug-likeness (QED) is 0.676. The molecule has 0 radical (unpaired) electrons. The molecular weight excluding hydrogens is 337 g/mol. The molecule has 1 saturated heterocycles. The van der Waals surface area contributed by atoms with Crippen LogP contribution in [0.5, 0.6) is 10.9 Å². The number of pyridine rings is 1. The Morgan fingerprint density at radius 2 is 1.96 bits per heavy atom. The van der Waals surface area contributed by atoms with Gasteiger partial charge in [-0.05, 0) is 49.1 Å². The predicted molar refractivity (Wildman–Crippen MR) is 98.2 cm³/mol. The van der Waals surface area contributed by atoms with E-state index in [1.807, 2.05) is 24.3 Å². The van der Waals surface area contributed by atoms with E-state index in [1.165, 1.54) is 16.9 Å². The molecule has 2 aromatic heterocycles. The Hall–Kier alpha value is -2.05. The molecule has 1 fully saturated rings. The fourth-order valence-electron chi connectivity index (χ4n) is 3.03. The summed E-state index contributed by atoms with van der Waals surface area (Å²) in [7, 11) is 0. The number of fused-ring (bicyclic) bond motifs is 1. The van der Waals surface area contributed by atoms with E-state index in [0.717, 1.165) is 42.2 Å². The SMILES string of the molecule is FC1CCN(CCc2ccc(Oc3nc4ncccc4s3)cc2)CC1. The fraction of sp³-hybridized carbons (Fsp3) is 0.368. The fourth-order valence-corrected chi connectivity index (χ4v) is 3.82. The van der Waals surface area contributed by atoms with Crippen molar-refractivity contribution in [3.8, 4) is 10.9 Å². The van der Waals surface area contributed by atoms with Crippen LogP contribution in [0.15, 0.2) is 42.6 Å². The number of likely N-dealkylation sites (tertiary alicyclic amines) is 1. The summed E-state index contributed by atoms with van der Waals surface area (Å²) in [5.41, 5.74) is 1.98. The highest BCUT2D eigenvalue weighted by Gasteiger charge is 2.17. The van der Waals surface area contributed by atoms with Gasteiger partial charge in [-0.1, -0.05) is 23.5 Å². The van der Waals surface area contributed by atoms with E-state index in [4.69, 9.17) is 4.74 Å². The number of rotatable bonds is 5. The molecule has 0 saturated carbocycles. The first kappa shape index (κ1) is 16.4. The highest BCUT2D eigenvalue weighted by molar-refractivity contribution is 7.20. The third-order valence-corrected chi connectivity index (χ3v) is 5.40. The molecule has 3 aromatic rings. The molecule has 4 rings (SSSR count). The molecule has 25 heavy (non-hydrogen) atoms. The molecule has 0 N–H and O–H groups in total. The lowest BCUT2D eigenvalue weighted by molar-refractivity contribution is 0.152. The normalized spacial score (nSPS) is 16.4.